The highest BCUT2D eigenvalue weighted by molar-refractivity contribution is 5.48. The molecule has 18 heavy (non-hydrogen) atoms. The highest BCUT2D eigenvalue weighted by Crippen LogP contribution is 2.03. The van der Waals surface area contributed by atoms with Gasteiger partial charge in [-0.05, 0) is 23.3 Å². The highest BCUT2D eigenvalue weighted by atomic mass is 19.1. The Morgan fingerprint density at radius 1 is 1.00 bits per heavy atom. The SMILES string of the molecule is Fc1cccc(CNC/C=C/c2ccccc2)c1. The third kappa shape index (κ3) is 4.15. The summed E-state index contributed by atoms with van der Waals surface area (Å²) in [5.41, 5.74) is 2.15. The number of rotatable bonds is 5. The number of benzene rings is 2. The van der Waals surface area contributed by atoms with Crippen LogP contribution in [-0.2, 0) is 6.54 Å². The Balaban J connectivity index is 1.75. The first-order valence-corrected chi connectivity index (χ1v) is 6.01. The first-order chi connectivity index (χ1) is 8.84. The molecule has 0 heterocycles. The van der Waals surface area contributed by atoms with Crippen LogP contribution in [0.2, 0.25) is 0 Å². The molecule has 0 aliphatic rings. The molecule has 0 saturated carbocycles. The van der Waals surface area contributed by atoms with E-state index in [9.17, 15) is 4.39 Å². The lowest BCUT2D eigenvalue weighted by Crippen LogP contribution is -2.12. The van der Waals surface area contributed by atoms with E-state index >= 15 is 0 Å². The summed E-state index contributed by atoms with van der Waals surface area (Å²) in [5.74, 6) is -0.186. The number of halogens is 1. The summed E-state index contributed by atoms with van der Waals surface area (Å²) in [4.78, 5) is 0. The van der Waals surface area contributed by atoms with E-state index in [0.717, 1.165) is 12.1 Å². The zero-order chi connectivity index (χ0) is 12.6. The van der Waals surface area contributed by atoms with Crippen molar-refractivity contribution in [1.82, 2.24) is 5.32 Å². The van der Waals surface area contributed by atoms with Crippen molar-refractivity contribution in [3.8, 4) is 0 Å². The molecule has 0 radical (unpaired) electrons. The van der Waals surface area contributed by atoms with Crippen molar-refractivity contribution in [2.24, 2.45) is 0 Å². The average Bonchev–Trinajstić information content (AvgIpc) is 2.40. The van der Waals surface area contributed by atoms with Gasteiger partial charge in [0.05, 0.1) is 0 Å². The molecule has 0 saturated heterocycles. The minimum Gasteiger partial charge on any atom is -0.309 e. The lowest BCUT2D eigenvalue weighted by atomic mass is 10.2. The quantitative estimate of drug-likeness (QED) is 0.788. The number of nitrogens with one attached hydrogen (secondary N) is 1. The Hall–Kier alpha value is -1.93. The fourth-order valence-electron chi connectivity index (χ4n) is 1.71. The molecular weight excluding hydrogens is 225 g/mol. The van der Waals surface area contributed by atoms with Gasteiger partial charge in [-0.25, -0.2) is 4.39 Å². The monoisotopic (exact) mass is 241 g/mol. The molecule has 0 fully saturated rings. The molecule has 2 heteroatoms. The molecule has 0 bridgehead atoms. The maximum atomic E-state index is 12.9. The third-order valence-electron chi connectivity index (χ3n) is 2.59. The van der Waals surface area contributed by atoms with Gasteiger partial charge >= 0.3 is 0 Å². The van der Waals surface area contributed by atoms with Gasteiger partial charge in [-0.15, -0.1) is 0 Å². The molecule has 0 unspecified atom stereocenters. The number of hydrogen-bond acceptors (Lipinski definition) is 1. The molecule has 0 amide bonds. The van der Waals surface area contributed by atoms with Crippen LogP contribution in [0.3, 0.4) is 0 Å². The van der Waals surface area contributed by atoms with Crippen LogP contribution in [0.1, 0.15) is 11.1 Å². The van der Waals surface area contributed by atoms with Crippen LogP contribution in [0.15, 0.2) is 60.7 Å². The van der Waals surface area contributed by atoms with Crippen molar-refractivity contribution in [3.63, 3.8) is 0 Å². The molecule has 0 aromatic heterocycles. The largest absolute Gasteiger partial charge is 0.309 e. The van der Waals surface area contributed by atoms with E-state index in [4.69, 9.17) is 0 Å². The summed E-state index contributed by atoms with van der Waals surface area (Å²) in [6, 6.07) is 16.8. The maximum Gasteiger partial charge on any atom is 0.123 e. The van der Waals surface area contributed by atoms with E-state index in [0.29, 0.717) is 6.54 Å². The Bertz CT molecular complexity index is 506. The van der Waals surface area contributed by atoms with Gasteiger partial charge in [0.2, 0.25) is 0 Å². The van der Waals surface area contributed by atoms with E-state index in [-0.39, 0.29) is 5.82 Å². The van der Waals surface area contributed by atoms with Gasteiger partial charge < -0.3 is 5.32 Å². The maximum absolute atomic E-state index is 12.9. The van der Waals surface area contributed by atoms with Gasteiger partial charge in [0, 0.05) is 13.1 Å². The van der Waals surface area contributed by atoms with Crippen molar-refractivity contribution in [2.45, 2.75) is 6.54 Å². The van der Waals surface area contributed by atoms with E-state index in [1.807, 2.05) is 24.3 Å². The van der Waals surface area contributed by atoms with E-state index in [1.165, 1.54) is 11.6 Å². The Morgan fingerprint density at radius 2 is 1.83 bits per heavy atom. The molecule has 0 spiro atoms. The van der Waals surface area contributed by atoms with Crippen molar-refractivity contribution in [1.29, 1.82) is 0 Å². The van der Waals surface area contributed by atoms with Gasteiger partial charge in [-0.3, -0.25) is 0 Å². The molecule has 2 aromatic rings. The fourth-order valence-corrected chi connectivity index (χ4v) is 1.71. The summed E-state index contributed by atoms with van der Waals surface area (Å²) in [7, 11) is 0. The van der Waals surface area contributed by atoms with Crippen LogP contribution in [0, 0.1) is 5.82 Å². The minimum absolute atomic E-state index is 0.186. The summed E-state index contributed by atoms with van der Waals surface area (Å²) in [6.07, 6.45) is 4.13. The van der Waals surface area contributed by atoms with Crippen LogP contribution in [0.4, 0.5) is 4.39 Å². The third-order valence-corrected chi connectivity index (χ3v) is 2.59. The standard InChI is InChI=1S/C16H16FN/c17-16-10-4-8-15(12-16)13-18-11-5-9-14-6-2-1-3-7-14/h1-10,12,18H,11,13H2/b9-5+. The van der Waals surface area contributed by atoms with Gasteiger partial charge in [-0.1, -0.05) is 54.6 Å². The topological polar surface area (TPSA) is 12.0 Å². The zero-order valence-electron chi connectivity index (χ0n) is 10.1. The van der Waals surface area contributed by atoms with E-state index in [2.05, 4.69) is 29.6 Å². The van der Waals surface area contributed by atoms with Crippen molar-refractivity contribution in [3.05, 3.63) is 77.6 Å². The summed E-state index contributed by atoms with van der Waals surface area (Å²) in [5, 5.41) is 3.25. The van der Waals surface area contributed by atoms with Gasteiger partial charge in [-0.2, -0.15) is 0 Å². The van der Waals surface area contributed by atoms with E-state index < -0.39 is 0 Å². The average molecular weight is 241 g/mol. The van der Waals surface area contributed by atoms with Gasteiger partial charge in [0.1, 0.15) is 5.82 Å². The first kappa shape index (κ1) is 12.5. The normalized spacial score (nSPS) is 10.9. The molecule has 0 aliphatic carbocycles. The fraction of sp³-hybridized carbons (Fsp3) is 0.125. The van der Waals surface area contributed by atoms with Crippen molar-refractivity contribution >= 4 is 6.08 Å². The molecule has 2 aromatic carbocycles. The lowest BCUT2D eigenvalue weighted by Gasteiger charge is -2.01. The van der Waals surface area contributed by atoms with Crippen LogP contribution >= 0.6 is 0 Å². The van der Waals surface area contributed by atoms with Crippen LogP contribution in [-0.4, -0.2) is 6.54 Å². The molecule has 2 rings (SSSR count). The Labute approximate surface area is 107 Å². The Morgan fingerprint density at radius 3 is 2.61 bits per heavy atom. The second-order valence-electron chi connectivity index (χ2n) is 4.07. The molecule has 1 nitrogen and oxygen atoms in total. The molecule has 92 valence electrons. The molecule has 0 aliphatic heterocycles. The van der Waals surface area contributed by atoms with Crippen LogP contribution < -0.4 is 5.32 Å². The van der Waals surface area contributed by atoms with Crippen LogP contribution in [0.25, 0.3) is 6.08 Å². The highest BCUT2D eigenvalue weighted by Gasteiger charge is 1.93. The predicted octanol–water partition coefficient (Wildman–Crippen LogP) is 3.63. The molecular formula is C16H16FN. The minimum atomic E-state index is -0.186. The number of hydrogen-bond donors (Lipinski definition) is 1. The Kier molecular flexibility index (Phi) is 4.68. The summed E-state index contributed by atoms with van der Waals surface area (Å²) in [6.45, 7) is 1.45. The molecule has 0 atom stereocenters. The predicted molar refractivity (Wildman–Crippen MR) is 73.6 cm³/mol. The summed E-state index contributed by atoms with van der Waals surface area (Å²) < 4.78 is 12.9. The lowest BCUT2D eigenvalue weighted by molar-refractivity contribution is 0.623. The summed E-state index contributed by atoms with van der Waals surface area (Å²) >= 11 is 0. The van der Waals surface area contributed by atoms with E-state index in [1.54, 1.807) is 12.1 Å². The van der Waals surface area contributed by atoms with Crippen molar-refractivity contribution in [2.75, 3.05) is 6.54 Å². The smallest absolute Gasteiger partial charge is 0.123 e. The van der Waals surface area contributed by atoms with Crippen molar-refractivity contribution < 1.29 is 4.39 Å². The van der Waals surface area contributed by atoms with Crippen LogP contribution in [0.5, 0.6) is 0 Å². The first-order valence-electron chi connectivity index (χ1n) is 6.01. The zero-order valence-corrected chi connectivity index (χ0v) is 10.1. The second kappa shape index (κ2) is 6.72. The second-order valence-corrected chi connectivity index (χ2v) is 4.07. The molecule has 1 N–H and O–H groups in total. The van der Waals surface area contributed by atoms with Gasteiger partial charge in [0.25, 0.3) is 0 Å². The van der Waals surface area contributed by atoms with Gasteiger partial charge in [0.15, 0.2) is 0 Å².